The molecule has 1 heterocycles. The van der Waals surface area contributed by atoms with E-state index in [-0.39, 0.29) is 34.7 Å². The molecule has 3 N–H and O–H groups in total. The number of nitrogens with two attached hydrogens (primary N) is 1. The minimum Gasteiger partial charge on any atom is -0.496 e. The second-order valence-corrected chi connectivity index (χ2v) is 7.71. The molecule has 0 spiro atoms. The summed E-state index contributed by atoms with van der Waals surface area (Å²) in [6.45, 7) is 4.00. The fourth-order valence-electron chi connectivity index (χ4n) is 2.99. The number of benzene rings is 1. The Morgan fingerprint density at radius 3 is 2.52 bits per heavy atom. The van der Waals surface area contributed by atoms with E-state index in [1.165, 1.54) is 25.3 Å². The summed E-state index contributed by atoms with van der Waals surface area (Å²) < 4.78 is 32.9. The van der Waals surface area contributed by atoms with Crippen molar-refractivity contribution in [2.75, 3.05) is 26.7 Å². The van der Waals surface area contributed by atoms with Crippen molar-refractivity contribution in [2.24, 2.45) is 5.73 Å². The largest absolute Gasteiger partial charge is 0.496 e. The number of piperidine rings is 1. The van der Waals surface area contributed by atoms with Gasteiger partial charge >= 0.3 is 0 Å². The zero-order chi connectivity index (χ0) is 17.7. The number of hydrogen-bond donors (Lipinski definition) is 2. The molecule has 1 aliphatic rings. The van der Waals surface area contributed by atoms with Crippen LogP contribution < -0.4 is 15.8 Å². The minimum atomic E-state index is -3.70. The molecule has 0 unspecified atom stereocenters. The zero-order valence-corrected chi connectivity index (χ0v) is 16.2. The number of amides is 1. The molecule has 0 aliphatic carbocycles. The molecule has 1 fully saturated rings. The van der Waals surface area contributed by atoms with Crippen molar-refractivity contribution < 1.29 is 17.9 Å². The van der Waals surface area contributed by atoms with Crippen LogP contribution in [0, 0.1) is 0 Å². The standard InChI is InChI=1S/C16H25N3O4S.ClH/c1-3-10-19(12-6-8-18-9-7-12)24(21,22)13-4-5-15(23-2)14(11-13)16(17)20;/h4-5,11-12,18H,3,6-10H2,1-2H3,(H2,17,20);1H. The third-order valence-corrected chi connectivity index (χ3v) is 6.15. The average Bonchev–Trinajstić information content (AvgIpc) is 2.59. The quantitative estimate of drug-likeness (QED) is 0.730. The molecular formula is C16H26ClN3O4S. The van der Waals surface area contributed by atoms with Gasteiger partial charge in [-0.1, -0.05) is 6.92 Å². The van der Waals surface area contributed by atoms with Crippen molar-refractivity contribution in [2.45, 2.75) is 37.1 Å². The van der Waals surface area contributed by atoms with Crippen LogP contribution in [0.25, 0.3) is 0 Å². The molecule has 1 aliphatic heterocycles. The fraction of sp³-hybridized carbons (Fsp3) is 0.562. The Balaban J connectivity index is 0.00000312. The first-order valence-corrected chi connectivity index (χ1v) is 9.56. The Morgan fingerprint density at radius 2 is 2.00 bits per heavy atom. The molecule has 2 rings (SSSR count). The van der Waals surface area contributed by atoms with Gasteiger partial charge in [0.2, 0.25) is 10.0 Å². The number of nitrogens with zero attached hydrogens (tertiary/aromatic N) is 1. The van der Waals surface area contributed by atoms with Gasteiger partial charge < -0.3 is 15.8 Å². The van der Waals surface area contributed by atoms with Crippen LogP contribution in [0.15, 0.2) is 23.1 Å². The number of carbonyl (C=O) groups is 1. The first-order chi connectivity index (χ1) is 11.4. The third kappa shape index (κ3) is 4.84. The highest BCUT2D eigenvalue weighted by Gasteiger charge is 2.32. The second kappa shape index (κ2) is 9.38. The van der Waals surface area contributed by atoms with Gasteiger partial charge in [0, 0.05) is 12.6 Å². The van der Waals surface area contributed by atoms with Crippen LogP contribution in [-0.4, -0.2) is 51.4 Å². The Kier molecular flexibility index (Phi) is 8.14. The van der Waals surface area contributed by atoms with Crippen molar-refractivity contribution in [1.29, 1.82) is 0 Å². The molecule has 1 aromatic rings. The first-order valence-electron chi connectivity index (χ1n) is 8.12. The van der Waals surface area contributed by atoms with Crippen LogP contribution in [0.1, 0.15) is 36.5 Å². The predicted molar refractivity (Wildman–Crippen MR) is 98.8 cm³/mol. The average molecular weight is 392 g/mol. The molecule has 0 atom stereocenters. The Hall–Kier alpha value is -1.35. The number of rotatable bonds is 7. The summed E-state index contributed by atoms with van der Waals surface area (Å²) in [4.78, 5) is 11.7. The third-order valence-electron chi connectivity index (χ3n) is 4.20. The number of primary amides is 1. The number of nitrogens with one attached hydrogen (secondary N) is 1. The Labute approximate surface area is 155 Å². The van der Waals surface area contributed by atoms with E-state index < -0.39 is 15.9 Å². The van der Waals surface area contributed by atoms with E-state index in [9.17, 15) is 13.2 Å². The molecule has 0 radical (unpaired) electrons. The number of hydrogen-bond acceptors (Lipinski definition) is 5. The van der Waals surface area contributed by atoms with Gasteiger partial charge in [-0.15, -0.1) is 12.4 Å². The van der Waals surface area contributed by atoms with Crippen molar-refractivity contribution in [3.63, 3.8) is 0 Å². The highest BCUT2D eigenvalue weighted by Crippen LogP contribution is 2.27. The van der Waals surface area contributed by atoms with Gasteiger partial charge in [-0.25, -0.2) is 8.42 Å². The zero-order valence-electron chi connectivity index (χ0n) is 14.5. The van der Waals surface area contributed by atoms with Crippen LogP contribution in [0.4, 0.5) is 0 Å². The molecule has 1 saturated heterocycles. The van der Waals surface area contributed by atoms with Gasteiger partial charge in [-0.2, -0.15) is 4.31 Å². The topological polar surface area (TPSA) is 102 Å². The first kappa shape index (κ1) is 21.7. The van der Waals surface area contributed by atoms with Gasteiger partial charge in [0.15, 0.2) is 0 Å². The summed E-state index contributed by atoms with van der Waals surface area (Å²) in [7, 11) is -2.29. The fourth-order valence-corrected chi connectivity index (χ4v) is 4.79. The molecule has 0 saturated carbocycles. The summed E-state index contributed by atoms with van der Waals surface area (Å²) in [5.41, 5.74) is 5.41. The summed E-state index contributed by atoms with van der Waals surface area (Å²) in [6.07, 6.45) is 2.28. The van der Waals surface area contributed by atoms with E-state index in [0.717, 1.165) is 32.4 Å². The summed E-state index contributed by atoms with van der Waals surface area (Å²) in [5.74, 6) is -0.446. The van der Waals surface area contributed by atoms with Gasteiger partial charge in [-0.3, -0.25) is 4.79 Å². The van der Waals surface area contributed by atoms with E-state index in [0.29, 0.717) is 6.54 Å². The lowest BCUT2D eigenvalue weighted by Gasteiger charge is -2.33. The van der Waals surface area contributed by atoms with Crippen LogP contribution >= 0.6 is 12.4 Å². The van der Waals surface area contributed by atoms with Crippen molar-refractivity contribution in [1.82, 2.24) is 9.62 Å². The van der Waals surface area contributed by atoms with E-state index >= 15 is 0 Å². The smallest absolute Gasteiger partial charge is 0.252 e. The van der Waals surface area contributed by atoms with Crippen molar-refractivity contribution >= 4 is 28.3 Å². The van der Waals surface area contributed by atoms with E-state index in [1.807, 2.05) is 6.92 Å². The van der Waals surface area contributed by atoms with Gasteiger partial charge in [0.1, 0.15) is 5.75 Å². The number of carbonyl (C=O) groups excluding carboxylic acids is 1. The highest BCUT2D eigenvalue weighted by atomic mass is 35.5. The second-order valence-electron chi connectivity index (χ2n) is 5.82. The SMILES string of the molecule is CCCN(C1CCNCC1)S(=O)(=O)c1ccc(OC)c(C(N)=O)c1.Cl. The monoisotopic (exact) mass is 391 g/mol. The molecule has 0 aromatic heterocycles. The summed E-state index contributed by atoms with van der Waals surface area (Å²) in [6, 6.07) is 4.21. The lowest BCUT2D eigenvalue weighted by Crippen LogP contribution is -2.46. The minimum absolute atomic E-state index is 0. The normalized spacial score (nSPS) is 15.6. The maximum Gasteiger partial charge on any atom is 0.252 e. The molecule has 0 bridgehead atoms. The maximum atomic E-state index is 13.1. The van der Waals surface area contributed by atoms with E-state index in [2.05, 4.69) is 5.32 Å². The molecule has 142 valence electrons. The van der Waals surface area contributed by atoms with Crippen LogP contribution in [0.3, 0.4) is 0 Å². The molecule has 7 nitrogen and oxygen atoms in total. The van der Waals surface area contributed by atoms with E-state index in [4.69, 9.17) is 10.5 Å². The maximum absolute atomic E-state index is 13.1. The molecule has 25 heavy (non-hydrogen) atoms. The molecule has 1 amide bonds. The molecule has 9 heteroatoms. The van der Waals surface area contributed by atoms with Crippen LogP contribution in [0.5, 0.6) is 5.75 Å². The number of methoxy groups -OCH3 is 1. The van der Waals surface area contributed by atoms with Gasteiger partial charge in [0.05, 0.1) is 17.6 Å². The van der Waals surface area contributed by atoms with Crippen LogP contribution in [-0.2, 0) is 10.0 Å². The van der Waals surface area contributed by atoms with E-state index in [1.54, 1.807) is 4.31 Å². The Morgan fingerprint density at radius 1 is 1.36 bits per heavy atom. The van der Waals surface area contributed by atoms with Crippen molar-refractivity contribution in [3.8, 4) is 5.75 Å². The summed E-state index contributed by atoms with van der Waals surface area (Å²) in [5, 5.41) is 3.24. The predicted octanol–water partition coefficient (Wildman–Crippen LogP) is 1.37. The summed E-state index contributed by atoms with van der Waals surface area (Å²) >= 11 is 0. The lowest BCUT2D eigenvalue weighted by molar-refractivity contribution is 0.0997. The highest BCUT2D eigenvalue weighted by molar-refractivity contribution is 7.89. The van der Waals surface area contributed by atoms with Gasteiger partial charge in [0.25, 0.3) is 5.91 Å². The lowest BCUT2D eigenvalue weighted by atomic mass is 10.1. The van der Waals surface area contributed by atoms with Crippen molar-refractivity contribution in [3.05, 3.63) is 23.8 Å². The molecular weight excluding hydrogens is 366 g/mol. The number of halogens is 1. The van der Waals surface area contributed by atoms with Crippen LogP contribution in [0.2, 0.25) is 0 Å². The van der Waals surface area contributed by atoms with Gasteiger partial charge in [-0.05, 0) is 50.6 Å². The Bertz CT molecular complexity index is 691. The number of ether oxygens (including phenoxy) is 1. The molecule has 1 aromatic carbocycles. The number of sulfonamides is 1.